The lowest BCUT2D eigenvalue weighted by Gasteiger charge is -2.11. The number of hydrogen-bond acceptors (Lipinski definition) is 2. The van der Waals surface area contributed by atoms with Gasteiger partial charge in [-0.05, 0) is 12.1 Å². The topological polar surface area (TPSA) is 26.3 Å². The zero-order chi connectivity index (χ0) is 11.5. The monoisotopic (exact) mass is 216 g/mol. The third kappa shape index (κ3) is 2.83. The van der Waals surface area contributed by atoms with Crippen LogP contribution in [-0.2, 0) is 11.0 Å². The number of hydrogen-bond donors (Lipinski definition) is 0. The zero-order valence-corrected chi connectivity index (χ0v) is 7.54. The number of ether oxygens (including phenoxy) is 1. The largest absolute Gasteiger partial charge is 0.423 e. The average molecular weight is 216 g/mol. The van der Waals surface area contributed by atoms with Crippen molar-refractivity contribution in [2.75, 3.05) is 0 Å². The smallest absolute Gasteiger partial charge is 0.419 e. The second kappa shape index (κ2) is 4.16. The van der Waals surface area contributed by atoms with Crippen molar-refractivity contribution in [1.29, 1.82) is 0 Å². The maximum Gasteiger partial charge on any atom is 0.419 e. The molecule has 1 aromatic carbocycles. The summed E-state index contributed by atoms with van der Waals surface area (Å²) in [6, 6.07) is 4.48. The minimum atomic E-state index is -4.54. The van der Waals surface area contributed by atoms with Gasteiger partial charge < -0.3 is 4.74 Å². The fourth-order valence-electron chi connectivity index (χ4n) is 0.940. The molecule has 0 saturated carbocycles. The SMILES string of the molecule is C=CC(=O)Oc1ccccc1C(F)(F)F. The molecule has 0 bridgehead atoms. The van der Waals surface area contributed by atoms with Gasteiger partial charge in [0.2, 0.25) is 0 Å². The Hall–Kier alpha value is -1.78. The van der Waals surface area contributed by atoms with Crippen molar-refractivity contribution in [3.05, 3.63) is 42.5 Å². The number of carbonyl (C=O) groups excluding carboxylic acids is 1. The fraction of sp³-hybridized carbons (Fsp3) is 0.100. The maximum atomic E-state index is 12.4. The molecular weight excluding hydrogens is 209 g/mol. The Bertz CT molecular complexity index is 382. The van der Waals surface area contributed by atoms with Crippen LogP contribution >= 0.6 is 0 Å². The van der Waals surface area contributed by atoms with Gasteiger partial charge in [0.1, 0.15) is 5.75 Å². The van der Waals surface area contributed by atoms with Crippen LogP contribution in [0.3, 0.4) is 0 Å². The van der Waals surface area contributed by atoms with Gasteiger partial charge >= 0.3 is 12.1 Å². The number of esters is 1. The van der Waals surface area contributed by atoms with E-state index in [0.717, 1.165) is 18.2 Å². The van der Waals surface area contributed by atoms with E-state index in [1.165, 1.54) is 12.1 Å². The Morgan fingerprint density at radius 3 is 2.47 bits per heavy atom. The number of benzene rings is 1. The summed E-state index contributed by atoms with van der Waals surface area (Å²) in [4.78, 5) is 10.8. The van der Waals surface area contributed by atoms with Gasteiger partial charge in [-0.1, -0.05) is 18.7 Å². The highest BCUT2D eigenvalue weighted by Gasteiger charge is 2.34. The van der Waals surface area contributed by atoms with Gasteiger partial charge in [0.25, 0.3) is 0 Å². The summed E-state index contributed by atoms with van der Waals surface area (Å²) in [6.45, 7) is 3.09. The Morgan fingerprint density at radius 1 is 1.33 bits per heavy atom. The van der Waals surface area contributed by atoms with Crippen LogP contribution in [0.25, 0.3) is 0 Å². The summed E-state index contributed by atoms with van der Waals surface area (Å²) in [7, 11) is 0. The Morgan fingerprint density at radius 2 is 1.93 bits per heavy atom. The van der Waals surface area contributed by atoms with E-state index in [9.17, 15) is 18.0 Å². The summed E-state index contributed by atoms with van der Waals surface area (Å²) in [6.07, 6.45) is -3.74. The molecule has 0 aliphatic rings. The van der Waals surface area contributed by atoms with Gasteiger partial charge in [0.15, 0.2) is 0 Å². The molecule has 0 radical (unpaired) electrons. The number of carbonyl (C=O) groups is 1. The van der Waals surface area contributed by atoms with Crippen molar-refractivity contribution in [2.24, 2.45) is 0 Å². The first-order valence-electron chi connectivity index (χ1n) is 3.95. The van der Waals surface area contributed by atoms with Gasteiger partial charge in [0.05, 0.1) is 5.56 Å². The molecule has 0 heterocycles. The van der Waals surface area contributed by atoms with Gasteiger partial charge in [-0.3, -0.25) is 0 Å². The summed E-state index contributed by atoms with van der Waals surface area (Å²) in [5, 5.41) is 0. The molecule has 0 aliphatic heterocycles. The molecular formula is C10H7F3O2. The highest BCUT2D eigenvalue weighted by molar-refractivity contribution is 5.83. The van der Waals surface area contributed by atoms with Crippen molar-refractivity contribution in [2.45, 2.75) is 6.18 Å². The van der Waals surface area contributed by atoms with Gasteiger partial charge in [-0.25, -0.2) is 4.79 Å². The molecule has 80 valence electrons. The van der Waals surface area contributed by atoms with Crippen LogP contribution in [0, 0.1) is 0 Å². The molecule has 2 nitrogen and oxygen atoms in total. The molecule has 0 spiro atoms. The molecule has 5 heteroatoms. The first-order chi connectivity index (χ1) is 6.95. The molecule has 15 heavy (non-hydrogen) atoms. The van der Waals surface area contributed by atoms with E-state index in [1.54, 1.807) is 0 Å². The third-order valence-corrected chi connectivity index (χ3v) is 1.57. The molecule has 1 rings (SSSR count). The van der Waals surface area contributed by atoms with Crippen LogP contribution in [0.2, 0.25) is 0 Å². The Labute approximate surface area is 84.0 Å². The number of alkyl halides is 3. The molecule has 0 atom stereocenters. The predicted molar refractivity (Wildman–Crippen MR) is 47.3 cm³/mol. The van der Waals surface area contributed by atoms with E-state index in [4.69, 9.17) is 0 Å². The van der Waals surface area contributed by atoms with Crippen LogP contribution in [0.4, 0.5) is 13.2 Å². The molecule has 1 aromatic rings. The van der Waals surface area contributed by atoms with Crippen LogP contribution in [0.5, 0.6) is 5.75 Å². The summed E-state index contributed by atoms with van der Waals surface area (Å²) >= 11 is 0. The van der Waals surface area contributed by atoms with Crippen molar-refractivity contribution >= 4 is 5.97 Å². The molecule has 0 N–H and O–H groups in total. The molecule has 0 aliphatic carbocycles. The first kappa shape index (κ1) is 11.3. The maximum absolute atomic E-state index is 12.4. The normalized spacial score (nSPS) is 10.9. The number of rotatable bonds is 2. The van der Waals surface area contributed by atoms with Crippen LogP contribution in [0.15, 0.2) is 36.9 Å². The standard InChI is InChI=1S/C10H7F3O2/c1-2-9(14)15-8-6-4-3-5-7(8)10(11,12)13/h2-6H,1H2. The second-order valence-electron chi connectivity index (χ2n) is 2.62. The molecule has 0 saturated heterocycles. The lowest BCUT2D eigenvalue weighted by molar-refractivity contribution is -0.140. The van der Waals surface area contributed by atoms with E-state index < -0.39 is 23.5 Å². The zero-order valence-electron chi connectivity index (χ0n) is 7.54. The van der Waals surface area contributed by atoms with Gasteiger partial charge in [0, 0.05) is 6.08 Å². The summed E-state index contributed by atoms with van der Waals surface area (Å²) in [5.41, 5.74) is -0.986. The molecule has 0 aromatic heterocycles. The van der Waals surface area contributed by atoms with E-state index in [2.05, 4.69) is 11.3 Å². The van der Waals surface area contributed by atoms with Gasteiger partial charge in [-0.2, -0.15) is 13.2 Å². The predicted octanol–water partition coefficient (Wildman–Crippen LogP) is 2.80. The van der Waals surface area contributed by atoms with E-state index >= 15 is 0 Å². The van der Waals surface area contributed by atoms with E-state index in [1.807, 2.05) is 0 Å². The minimum Gasteiger partial charge on any atom is -0.423 e. The Balaban J connectivity index is 3.07. The van der Waals surface area contributed by atoms with Crippen molar-refractivity contribution < 1.29 is 22.7 Å². The third-order valence-electron chi connectivity index (χ3n) is 1.57. The second-order valence-corrected chi connectivity index (χ2v) is 2.62. The van der Waals surface area contributed by atoms with E-state index in [-0.39, 0.29) is 0 Å². The summed E-state index contributed by atoms with van der Waals surface area (Å²) < 4.78 is 41.6. The fourth-order valence-corrected chi connectivity index (χ4v) is 0.940. The lowest BCUT2D eigenvalue weighted by atomic mass is 10.2. The van der Waals surface area contributed by atoms with Crippen molar-refractivity contribution in [3.8, 4) is 5.75 Å². The molecule has 0 unspecified atom stereocenters. The summed E-state index contributed by atoms with van der Waals surface area (Å²) in [5.74, 6) is -1.44. The highest BCUT2D eigenvalue weighted by Crippen LogP contribution is 2.35. The number of para-hydroxylation sites is 1. The van der Waals surface area contributed by atoms with Crippen LogP contribution in [0.1, 0.15) is 5.56 Å². The van der Waals surface area contributed by atoms with Crippen molar-refractivity contribution in [3.63, 3.8) is 0 Å². The Kier molecular flexibility index (Phi) is 3.14. The highest BCUT2D eigenvalue weighted by atomic mass is 19.4. The van der Waals surface area contributed by atoms with Crippen LogP contribution in [-0.4, -0.2) is 5.97 Å². The van der Waals surface area contributed by atoms with E-state index in [0.29, 0.717) is 0 Å². The average Bonchev–Trinajstić information content (AvgIpc) is 2.17. The van der Waals surface area contributed by atoms with Crippen molar-refractivity contribution in [1.82, 2.24) is 0 Å². The molecule has 0 fully saturated rings. The first-order valence-corrected chi connectivity index (χ1v) is 3.95. The quantitative estimate of drug-likeness (QED) is 0.431. The van der Waals surface area contributed by atoms with Gasteiger partial charge in [-0.15, -0.1) is 0 Å². The minimum absolute atomic E-state index is 0.519. The lowest BCUT2D eigenvalue weighted by Crippen LogP contribution is -2.11. The molecule has 0 amide bonds. The van der Waals surface area contributed by atoms with Crippen LogP contribution < -0.4 is 4.74 Å². The number of halogens is 3.